The van der Waals surface area contributed by atoms with Gasteiger partial charge in [-0.3, -0.25) is 9.59 Å². The van der Waals surface area contributed by atoms with Crippen molar-refractivity contribution < 1.29 is 9.59 Å². The van der Waals surface area contributed by atoms with Crippen LogP contribution in [-0.4, -0.2) is 11.8 Å². The summed E-state index contributed by atoms with van der Waals surface area (Å²) < 4.78 is 0. The lowest BCUT2D eigenvalue weighted by molar-refractivity contribution is -0.117. The topological polar surface area (TPSA) is 82.9 Å². The van der Waals surface area contributed by atoms with E-state index in [2.05, 4.69) is 34.7 Å². The van der Waals surface area contributed by atoms with Crippen molar-refractivity contribution in [3.8, 4) is 0 Å². The quantitative estimate of drug-likeness (QED) is 0.0538. The molecule has 0 aromatic heterocycles. The molecule has 0 aliphatic rings. The number of benzene rings is 2. The molecule has 0 fully saturated rings. The molecule has 2 amide bonds. The second-order valence-electron chi connectivity index (χ2n) is 15.8. The number of amides is 2. The summed E-state index contributed by atoms with van der Waals surface area (Å²) in [5.41, 5.74) is 2.80. The Labute approximate surface area is 331 Å². The Morgan fingerprint density at radius 2 is 0.648 bits per heavy atom. The third kappa shape index (κ3) is 27.5. The molecule has 2 aromatic rings. The van der Waals surface area contributed by atoms with Crippen molar-refractivity contribution in [2.45, 2.75) is 219 Å². The number of hydrogen-bond donors (Lipinski definition) is 2. The first-order chi connectivity index (χ1) is 26.6. The molecule has 0 unspecified atom stereocenters. The average Bonchev–Trinajstić information content (AvgIpc) is 3.17. The molecule has 6 nitrogen and oxygen atoms in total. The van der Waals surface area contributed by atoms with Crippen LogP contribution >= 0.6 is 0 Å². The van der Waals surface area contributed by atoms with Gasteiger partial charge in [0.2, 0.25) is 11.8 Å². The summed E-state index contributed by atoms with van der Waals surface area (Å²) in [6.45, 7) is 4.56. The highest BCUT2D eigenvalue weighted by Gasteiger charge is 2.06. The van der Waals surface area contributed by atoms with Gasteiger partial charge >= 0.3 is 0 Å². The normalized spacial score (nSPS) is 11.4. The number of azo groups is 1. The van der Waals surface area contributed by atoms with Crippen LogP contribution in [0.2, 0.25) is 0 Å². The van der Waals surface area contributed by atoms with E-state index in [0.29, 0.717) is 24.2 Å². The minimum absolute atomic E-state index is 0.0478. The van der Waals surface area contributed by atoms with Crippen LogP contribution in [0.3, 0.4) is 0 Å². The van der Waals surface area contributed by atoms with Gasteiger partial charge in [0.05, 0.1) is 11.4 Å². The first kappa shape index (κ1) is 47.1. The van der Waals surface area contributed by atoms with Gasteiger partial charge in [0.25, 0.3) is 0 Å². The molecule has 0 aliphatic carbocycles. The van der Waals surface area contributed by atoms with E-state index < -0.39 is 0 Å². The molecule has 0 spiro atoms. The number of unbranched alkanes of at least 4 members (excludes halogenated alkanes) is 28. The summed E-state index contributed by atoms with van der Waals surface area (Å²) in [6, 6.07) is 15.0. The Morgan fingerprint density at radius 1 is 0.389 bits per heavy atom. The summed E-state index contributed by atoms with van der Waals surface area (Å²) in [7, 11) is 0. The maximum absolute atomic E-state index is 12.6. The van der Waals surface area contributed by atoms with Gasteiger partial charge in [-0.2, -0.15) is 10.2 Å². The van der Waals surface area contributed by atoms with E-state index in [1.807, 2.05) is 48.5 Å². The molecule has 0 saturated heterocycles. The smallest absolute Gasteiger partial charge is 0.224 e. The SMILES string of the molecule is CCCCCCCCCCCCCCCCCC(=O)Nc1cccc(N=Nc2cccc(NC(=O)CCCCCCCCCCCCCCCCC)c2)c1. The second-order valence-corrected chi connectivity index (χ2v) is 15.8. The van der Waals surface area contributed by atoms with Gasteiger partial charge in [0.1, 0.15) is 0 Å². The minimum atomic E-state index is 0.0478. The molecule has 0 aliphatic heterocycles. The monoisotopic (exact) mass is 745 g/mol. The molecule has 54 heavy (non-hydrogen) atoms. The van der Waals surface area contributed by atoms with Crippen molar-refractivity contribution in [2.24, 2.45) is 10.2 Å². The molecule has 0 bridgehead atoms. The first-order valence-corrected chi connectivity index (χ1v) is 22.8. The molecule has 2 N–H and O–H groups in total. The van der Waals surface area contributed by atoms with Gasteiger partial charge in [0.15, 0.2) is 0 Å². The van der Waals surface area contributed by atoms with Gasteiger partial charge in [-0.15, -0.1) is 0 Å². The summed E-state index contributed by atoms with van der Waals surface area (Å²) in [6.07, 6.45) is 40.6. The zero-order valence-electron chi connectivity index (χ0n) is 35.0. The van der Waals surface area contributed by atoms with E-state index in [1.165, 1.54) is 167 Å². The highest BCUT2D eigenvalue weighted by Crippen LogP contribution is 2.24. The number of nitrogens with zero attached hydrogens (tertiary/aromatic N) is 2. The third-order valence-electron chi connectivity index (χ3n) is 10.6. The van der Waals surface area contributed by atoms with Crippen molar-refractivity contribution in [3.05, 3.63) is 48.5 Å². The van der Waals surface area contributed by atoms with Crippen LogP contribution in [0.4, 0.5) is 22.7 Å². The van der Waals surface area contributed by atoms with E-state index in [0.717, 1.165) is 37.1 Å². The van der Waals surface area contributed by atoms with Gasteiger partial charge in [-0.25, -0.2) is 0 Å². The molecule has 0 radical (unpaired) electrons. The molecule has 6 heteroatoms. The lowest BCUT2D eigenvalue weighted by atomic mass is 10.0. The van der Waals surface area contributed by atoms with Crippen LogP contribution in [0.25, 0.3) is 0 Å². The minimum Gasteiger partial charge on any atom is -0.326 e. The number of rotatable bonds is 36. The first-order valence-electron chi connectivity index (χ1n) is 22.8. The van der Waals surface area contributed by atoms with Crippen LogP contribution in [0.15, 0.2) is 58.8 Å². The van der Waals surface area contributed by atoms with Gasteiger partial charge in [0, 0.05) is 24.2 Å². The number of hydrogen-bond acceptors (Lipinski definition) is 4. The Bertz CT molecular complexity index is 1140. The van der Waals surface area contributed by atoms with Crippen LogP contribution < -0.4 is 10.6 Å². The second kappa shape index (κ2) is 34.5. The molecular formula is C48H80N4O2. The fourth-order valence-electron chi connectivity index (χ4n) is 7.17. The van der Waals surface area contributed by atoms with Crippen LogP contribution in [-0.2, 0) is 9.59 Å². The highest BCUT2D eigenvalue weighted by atomic mass is 16.2. The Morgan fingerprint density at radius 3 is 0.926 bits per heavy atom. The Balaban J connectivity index is 1.51. The van der Waals surface area contributed by atoms with Crippen molar-refractivity contribution in [2.75, 3.05) is 10.6 Å². The van der Waals surface area contributed by atoms with Gasteiger partial charge in [-0.1, -0.05) is 206 Å². The van der Waals surface area contributed by atoms with Gasteiger partial charge in [-0.05, 0) is 49.2 Å². The van der Waals surface area contributed by atoms with E-state index in [9.17, 15) is 9.59 Å². The highest BCUT2D eigenvalue weighted by molar-refractivity contribution is 5.91. The van der Waals surface area contributed by atoms with Crippen LogP contribution in [0, 0.1) is 0 Å². The molecule has 0 saturated carbocycles. The van der Waals surface area contributed by atoms with E-state index in [1.54, 1.807) is 0 Å². The molecule has 2 rings (SSSR count). The number of nitrogens with one attached hydrogen (secondary N) is 2. The average molecular weight is 745 g/mol. The van der Waals surface area contributed by atoms with Gasteiger partial charge < -0.3 is 10.6 Å². The van der Waals surface area contributed by atoms with Crippen molar-refractivity contribution in [1.82, 2.24) is 0 Å². The molecule has 0 heterocycles. The zero-order chi connectivity index (χ0) is 38.6. The fourth-order valence-corrected chi connectivity index (χ4v) is 7.17. The zero-order valence-corrected chi connectivity index (χ0v) is 35.0. The molecular weight excluding hydrogens is 665 g/mol. The maximum atomic E-state index is 12.6. The summed E-state index contributed by atoms with van der Waals surface area (Å²) in [4.78, 5) is 25.1. The van der Waals surface area contributed by atoms with E-state index in [4.69, 9.17) is 0 Å². The van der Waals surface area contributed by atoms with Crippen molar-refractivity contribution >= 4 is 34.6 Å². The van der Waals surface area contributed by atoms with Crippen molar-refractivity contribution in [1.29, 1.82) is 0 Å². The number of carbonyl (C=O) groups is 2. The molecule has 304 valence electrons. The van der Waals surface area contributed by atoms with E-state index in [-0.39, 0.29) is 11.8 Å². The van der Waals surface area contributed by atoms with Crippen LogP contribution in [0.5, 0.6) is 0 Å². The predicted octanol–water partition coefficient (Wildman–Crippen LogP) is 16.5. The number of carbonyl (C=O) groups excluding carboxylic acids is 2. The Hall–Kier alpha value is -3.02. The lowest BCUT2D eigenvalue weighted by Gasteiger charge is -2.07. The fraction of sp³-hybridized carbons (Fsp3) is 0.708. The van der Waals surface area contributed by atoms with E-state index >= 15 is 0 Å². The summed E-state index contributed by atoms with van der Waals surface area (Å²) in [5.74, 6) is 0.0955. The predicted molar refractivity (Wildman–Crippen MR) is 233 cm³/mol. The van der Waals surface area contributed by atoms with Crippen LogP contribution in [0.1, 0.15) is 219 Å². The third-order valence-corrected chi connectivity index (χ3v) is 10.6. The Kier molecular flexibility index (Phi) is 30.1. The van der Waals surface area contributed by atoms with Crippen molar-refractivity contribution in [3.63, 3.8) is 0 Å². The maximum Gasteiger partial charge on any atom is 0.224 e. The molecule has 2 aromatic carbocycles. The summed E-state index contributed by atoms with van der Waals surface area (Å²) >= 11 is 0. The standard InChI is InChI=1S/C48H80N4O2/c1-3-5-7-9-11-13-15-17-19-21-23-25-27-29-31-39-47(53)49-43-35-33-37-45(41-43)51-52-46-38-34-36-44(42-46)50-48(54)40-32-30-28-26-24-22-20-18-16-14-12-10-8-6-4-2/h33-38,41-42H,3-32,39-40H2,1-2H3,(H,49,53)(H,50,54). The largest absolute Gasteiger partial charge is 0.326 e. The summed E-state index contributed by atoms with van der Waals surface area (Å²) in [5, 5.41) is 14.8. The number of anilines is 2. The molecule has 0 atom stereocenters. The lowest BCUT2D eigenvalue weighted by Crippen LogP contribution is -2.10.